The Hall–Kier alpha value is -2.78. The number of benzene rings is 1. The third-order valence-corrected chi connectivity index (χ3v) is 11.2. The fourth-order valence-electron chi connectivity index (χ4n) is 7.28. The first kappa shape index (κ1) is 32.1. The quantitative estimate of drug-likeness (QED) is 0.236. The number of hydrogen-bond donors (Lipinski definition) is 1. The highest BCUT2D eigenvalue weighted by molar-refractivity contribution is 8.02. The van der Waals surface area contributed by atoms with Gasteiger partial charge in [-0.1, -0.05) is 38.8 Å². The summed E-state index contributed by atoms with van der Waals surface area (Å²) in [5, 5.41) is 10.2. The number of ether oxygens (including phenoxy) is 1. The van der Waals surface area contributed by atoms with Crippen LogP contribution in [-0.2, 0) is 14.4 Å². The van der Waals surface area contributed by atoms with Crippen molar-refractivity contribution in [3.63, 3.8) is 0 Å². The molecule has 42 heavy (non-hydrogen) atoms. The molecule has 3 saturated heterocycles. The molecule has 0 radical (unpaired) electrons. The SMILES string of the molecule is C=CCN(CCCCC)C(=O)C1N([C@H](C)CO)C(=O)[C@@H]2[C@H](C(=O)N(CC=C)c3ccc(OCC)cc3)[C@@H]3CC(C)C12S3. The zero-order valence-electron chi connectivity index (χ0n) is 25.5. The van der Waals surface area contributed by atoms with E-state index >= 15 is 0 Å². The predicted molar refractivity (Wildman–Crippen MR) is 169 cm³/mol. The Kier molecular flexibility index (Phi) is 10.5. The molecule has 4 rings (SSSR count). The number of nitrogens with zero attached hydrogens (tertiary/aromatic N) is 3. The van der Waals surface area contributed by atoms with Crippen LogP contribution in [-0.4, -0.2) is 87.6 Å². The number of carbonyl (C=O) groups is 3. The minimum Gasteiger partial charge on any atom is -0.494 e. The number of hydrogen-bond acceptors (Lipinski definition) is 6. The second kappa shape index (κ2) is 13.7. The predicted octanol–water partition coefficient (Wildman–Crippen LogP) is 4.53. The highest BCUT2D eigenvalue weighted by Gasteiger charge is 2.76. The molecule has 3 heterocycles. The summed E-state index contributed by atoms with van der Waals surface area (Å²) in [5.41, 5.74) is 0.713. The highest BCUT2D eigenvalue weighted by Crippen LogP contribution is 2.69. The van der Waals surface area contributed by atoms with E-state index in [0.717, 1.165) is 31.4 Å². The van der Waals surface area contributed by atoms with E-state index in [9.17, 15) is 19.5 Å². The third kappa shape index (κ3) is 5.50. The Labute approximate surface area is 255 Å². The van der Waals surface area contributed by atoms with Crippen molar-refractivity contribution in [3.05, 3.63) is 49.6 Å². The largest absolute Gasteiger partial charge is 0.494 e. The molecule has 9 heteroatoms. The van der Waals surface area contributed by atoms with Gasteiger partial charge in [-0.25, -0.2) is 0 Å². The van der Waals surface area contributed by atoms with Crippen molar-refractivity contribution in [1.29, 1.82) is 0 Å². The molecular weight excluding hydrogens is 550 g/mol. The van der Waals surface area contributed by atoms with Crippen LogP contribution in [0, 0.1) is 17.8 Å². The van der Waals surface area contributed by atoms with E-state index in [2.05, 4.69) is 27.0 Å². The Morgan fingerprint density at radius 2 is 1.86 bits per heavy atom. The van der Waals surface area contributed by atoms with Crippen LogP contribution in [0.5, 0.6) is 5.75 Å². The number of thioether (sulfide) groups is 1. The van der Waals surface area contributed by atoms with Crippen LogP contribution in [0.3, 0.4) is 0 Å². The van der Waals surface area contributed by atoms with E-state index in [4.69, 9.17) is 4.74 Å². The molecule has 0 aromatic heterocycles. The van der Waals surface area contributed by atoms with Gasteiger partial charge >= 0.3 is 0 Å². The second-order valence-corrected chi connectivity index (χ2v) is 13.3. The molecule has 1 aromatic rings. The first-order valence-electron chi connectivity index (χ1n) is 15.4. The minimum atomic E-state index is -0.750. The fourth-order valence-corrected chi connectivity index (χ4v) is 9.67. The van der Waals surface area contributed by atoms with Crippen molar-refractivity contribution < 1.29 is 24.2 Å². The normalized spacial score (nSPS) is 28.4. The van der Waals surface area contributed by atoms with Gasteiger partial charge in [0.05, 0.1) is 35.8 Å². The highest BCUT2D eigenvalue weighted by atomic mass is 32.2. The lowest BCUT2D eigenvalue weighted by Gasteiger charge is -2.42. The lowest BCUT2D eigenvalue weighted by molar-refractivity contribution is -0.145. The van der Waals surface area contributed by atoms with Gasteiger partial charge in [-0.05, 0) is 56.9 Å². The Morgan fingerprint density at radius 1 is 1.17 bits per heavy atom. The first-order valence-corrected chi connectivity index (χ1v) is 16.2. The summed E-state index contributed by atoms with van der Waals surface area (Å²) in [5.74, 6) is -0.891. The van der Waals surface area contributed by atoms with Crippen LogP contribution >= 0.6 is 11.8 Å². The number of anilines is 1. The molecule has 3 unspecified atom stereocenters. The van der Waals surface area contributed by atoms with Crippen LogP contribution in [0.1, 0.15) is 53.4 Å². The maximum atomic E-state index is 14.5. The van der Waals surface area contributed by atoms with Crippen LogP contribution in [0.2, 0.25) is 0 Å². The number of amides is 3. The van der Waals surface area contributed by atoms with E-state index in [-0.39, 0.29) is 35.5 Å². The molecule has 0 aliphatic carbocycles. The molecule has 1 spiro atoms. The number of carbonyl (C=O) groups excluding carboxylic acids is 3. The van der Waals surface area contributed by atoms with Gasteiger partial charge in [-0.3, -0.25) is 14.4 Å². The van der Waals surface area contributed by atoms with Crippen molar-refractivity contribution >= 4 is 35.2 Å². The van der Waals surface area contributed by atoms with Gasteiger partial charge in [-0.15, -0.1) is 24.9 Å². The van der Waals surface area contributed by atoms with Crippen LogP contribution in [0.4, 0.5) is 5.69 Å². The van der Waals surface area contributed by atoms with Gasteiger partial charge in [0.15, 0.2) is 0 Å². The number of aliphatic hydroxyl groups is 1. The summed E-state index contributed by atoms with van der Waals surface area (Å²) < 4.78 is 4.85. The van der Waals surface area contributed by atoms with Crippen molar-refractivity contribution in [2.75, 3.05) is 37.7 Å². The number of fused-ring (bicyclic) bond motifs is 1. The fraction of sp³-hybridized carbons (Fsp3) is 0.606. The molecule has 1 aromatic carbocycles. The summed E-state index contributed by atoms with van der Waals surface area (Å²) in [6, 6.07) is 6.10. The van der Waals surface area contributed by atoms with Gasteiger partial charge in [0.2, 0.25) is 17.7 Å². The van der Waals surface area contributed by atoms with E-state index in [1.165, 1.54) is 0 Å². The summed E-state index contributed by atoms with van der Waals surface area (Å²) in [4.78, 5) is 48.5. The second-order valence-electron chi connectivity index (χ2n) is 11.8. The van der Waals surface area contributed by atoms with Crippen molar-refractivity contribution in [2.24, 2.45) is 17.8 Å². The number of likely N-dealkylation sites (tertiary alicyclic amines) is 1. The molecule has 7 atom stereocenters. The first-order chi connectivity index (χ1) is 20.2. The Bertz CT molecular complexity index is 1160. The van der Waals surface area contributed by atoms with Gasteiger partial charge in [0, 0.05) is 30.6 Å². The molecule has 3 aliphatic heterocycles. The smallest absolute Gasteiger partial charge is 0.247 e. The summed E-state index contributed by atoms with van der Waals surface area (Å²) in [6.07, 6.45) is 7.08. The Morgan fingerprint density at radius 3 is 2.45 bits per heavy atom. The molecule has 1 N–H and O–H groups in total. The van der Waals surface area contributed by atoms with Gasteiger partial charge < -0.3 is 24.5 Å². The number of unbranched alkanes of at least 4 members (excludes halogenated alkanes) is 2. The van der Waals surface area contributed by atoms with E-state index in [0.29, 0.717) is 31.9 Å². The standard InChI is InChI=1S/C33H47N3O5S/c1-7-11-12-19-34(17-8-2)32(40)29-33-22(5)20-26(42-33)27(28(33)31(39)36(29)23(6)21-37)30(38)35(18-9-3)24-13-15-25(16-14-24)41-10-4/h8-9,13-16,22-23,26-29,37H,2-3,7,10-12,17-21H2,1,4-6H3/t22?,23-,26+,27-,28+,29?,33?/m1/s1. The van der Waals surface area contributed by atoms with Crippen molar-refractivity contribution in [3.8, 4) is 5.75 Å². The molecular formula is C33H47N3O5S. The van der Waals surface area contributed by atoms with E-state index in [1.54, 1.807) is 40.6 Å². The Balaban J connectivity index is 1.74. The molecule has 230 valence electrons. The van der Waals surface area contributed by atoms with Crippen molar-refractivity contribution in [2.45, 2.75) is 75.5 Å². The maximum Gasteiger partial charge on any atom is 0.247 e. The average molecular weight is 598 g/mol. The molecule has 3 fully saturated rings. The molecule has 2 bridgehead atoms. The molecule has 3 amide bonds. The molecule has 0 saturated carbocycles. The third-order valence-electron chi connectivity index (χ3n) is 9.17. The number of rotatable bonds is 15. The van der Waals surface area contributed by atoms with Gasteiger partial charge in [-0.2, -0.15) is 0 Å². The molecule has 3 aliphatic rings. The lowest BCUT2D eigenvalue weighted by Crippen LogP contribution is -2.59. The van der Waals surface area contributed by atoms with Gasteiger partial charge in [0.25, 0.3) is 0 Å². The summed E-state index contributed by atoms with van der Waals surface area (Å²) >= 11 is 1.66. The van der Waals surface area contributed by atoms with Crippen molar-refractivity contribution in [1.82, 2.24) is 9.80 Å². The summed E-state index contributed by atoms with van der Waals surface area (Å²) in [6.45, 7) is 17.3. The zero-order valence-corrected chi connectivity index (χ0v) is 26.4. The molecule has 8 nitrogen and oxygen atoms in total. The van der Waals surface area contributed by atoms with E-state index in [1.807, 2.05) is 36.1 Å². The monoisotopic (exact) mass is 597 g/mol. The van der Waals surface area contributed by atoms with E-state index < -0.39 is 28.7 Å². The average Bonchev–Trinajstić information content (AvgIpc) is 3.58. The van der Waals surface area contributed by atoms with Crippen LogP contribution < -0.4 is 9.64 Å². The number of aliphatic hydroxyl groups excluding tert-OH is 1. The topological polar surface area (TPSA) is 90.4 Å². The summed E-state index contributed by atoms with van der Waals surface area (Å²) in [7, 11) is 0. The van der Waals surface area contributed by atoms with Gasteiger partial charge in [0.1, 0.15) is 11.8 Å². The van der Waals surface area contributed by atoms with Crippen LogP contribution in [0.15, 0.2) is 49.6 Å². The minimum absolute atomic E-state index is 0.0508. The zero-order chi connectivity index (χ0) is 30.6. The lowest BCUT2D eigenvalue weighted by atomic mass is 9.65. The maximum absolute atomic E-state index is 14.5. The van der Waals surface area contributed by atoms with Crippen LogP contribution in [0.25, 0.3) is 0 Å².